The van der Waals surface area contributed by atoms with E-state index in [1.54, 1.807) is 6.20 Å². The molecule has 0 aliphatic rings. The summed E-state index contributed by atoms with van der Waals surface area (Å²) in [7, 11) is -2.69. The van der Waals surface area contributed by atoms with E-state index in [-0.39, 0.29) is 22.0 Å². The van der Waals surface area contributed by atoms with E-state index in [9.17, 15) is 13.2 Å². The average Bonchev–Trinajstić information content (AvgIpc) is 3.31. The highest BCUT2D eigenvalue weighted by molar-refractivity contribution is 7.92. The second kappa shape index (κ2) is 8.77. The monoisotopic (exact) mass is 467 g/mol. The number of carboxylic acid groups (broad SMARTS) is 1. The lowest BCUT2D eigenvalue weighted by molar-refractivity contribution is 0.0696. The van der Waals surface area contributed by atoms with Gasteiger partial charge in [-0.2, -0.15) is 8.42 Å². The number of hydrogen-bond acceptors (Lipinski definition) is 7. The molecule has 32 heavy (non-hydrogen) atoms. The molecule has 0 amide bonds. The van der Waals surface area contributed by atoms with Crippen molar-refractivity contribution < 1.29 is 23.1 Å². The number of carbonyl (C=O) groups is 1. The average molecular weight is 468 g/mol. The molecule has 2 aromatic carbocycles. The molecule has 8 nitrogen and oxygen atoms in total. The number of nitrogens with one attached hydrogen (secondary N) is 1. The molecule has 0 saturated carbocycles. The van der Waals surface area contributed by atoms with Crippen LogP contribution < -0.4 is 9.46 Å². The van der Waals surface area contributed by atoms with Crippen LogP contribution in [0.1, 0.15) is 10.4 Å². The minimum Gasteiger partial charge on any atom is -0.495 e. The number of aromatic carboxylic acids is 1. The molecule has 0 aliphatic heterocycles. The van der Waals surface area contributed by atoms with Gasteiger partial charge in [0.2, 0.25) is 0 Å². The standard InChI is InChI=1S/C22H17N3O5S2/c1-30-19-11-15(22(26)27)7-10-18(19)25-32(28,29)20-13-31-21(24-20)16-8-9-17(23-12-16)14-5-3-2-4-6-14/h2-13,25H,1H3,(H,26,27). The molecule has 0 fully saturated rings. The molecule has 4 rings (SSSR count). The summed E-state index contributed by atoms with van der Waals surface area (Å²) in [4.78, 5) is 19.8. The molecule has 10 heteroatoms. The number of anilines is 1. The first-order chi connectivity index (χ1) is 15.4. The number of aromatic nitrogens is 2. The maximum absolute atomic E-state index is 12.8. The topological polar surface area (TPSA) is 118 Å². The Kier molecular flexibility index (Phi) is 5.89. The van der Waals surface area contributed by atoms with E-state index in [0.717, 1.165) is 11.3 Å². The lowest BCUT2D eigenvalue weighted by atomic mass is 10.1. The lowest BCUT2D eigenvalue weighted by Crippen LogP contribution is -2.14. The molecule has 162 valence electrons. The van der Waals surface area contributed by atoms with Crippen molar-refractivity contribution in [3.05, 3.63) is 77.8 Å². The van der Waals surface area contributed by atoms with Gasteiger partial charge in [-0.25, -0.2) is 9.78 Å². The van der Waals surface area contributed by atoms with E-state index in [1.807, 2.05) is 42.5 Å². The molecule has 0 aliphatic carbocycles. The highest BCUT2D eigenvalue weighted by Gasteiger charge is 2.21. The third-order valence-corrected chi connectivity index (χ3v) is 6.82. The van der Waals surface area contributed by atoms with Crippen LogP contribution in [-0.2, 0) is 10.0 Å². The number of rotatable bonds is 7. The largest absolute Gasteiger partial charge is 0.495 e. The van der Waals surface area contributed by atoms with Crippen LogP contribution in [0.25, 0.3) is 21.8 Å². The highest BCUT2D eigenvalue weighted by atomic mass is 32.2. The summed E-state index contributed by atoms with van der Waals surface area (Å²) in [5.41, 5.74) is 2.57. The van der Waals surface area contributed by atoms with E-state index in [4.69, 9.17) is 9.84 Å². The van der Waals surface area contributed by atoms with Gasteiger partial charge in [0.05, 0.1) is 24.1 Å². The Balaban J connectivity index is 1.57. The number of benzene rings is 2. The second-order valence-electron chi connectivity index (χ2n) is 6.61. The number of pyridine rings is 1. The zero-order chi connectivity index (χ0) is 22.7. The van der Waals surface area contributed by atoms with Crippen molar-refractivity contribution in [2.45, 2.75) is 5.03 Å². The lowest BCUT2D eigenvalue weighted by Gasteiger charge is -2.11. The summed E-state index contributed by atoms with van der Waals surface area (Å²) in [5, 5.41) is 10.9. The normalized spacial score (nSPS) is 11.2. The summed E-state index contributed by atoms with van der Waals surface area (Å²) in [6.45, 7) is 0. The zero-order valence-corrected chi connectivity index (χ0v) is 18.4. The molecule has 2 aromatic heterocycles. The van der Waals surface area contributed by atoms with Gasteiger partial charge >= 0.3 is 5.97 Å². The first kappa shape index (κ1) is 21.5. The van der Waals surface area contributed by atoms with Gasteiger partial charge in [0, 0.05) is 22.7 Å². The van der Waals surface area contributed by atoms with Crippen LogP contribution in [0.2, 0.25) is 0 Å². The molecule has 0 bridgehead atoms. The first-order valence-corrected chi connectivity index (χ1v) is 11.7. The van der Waals surface area contributed by atoms with Crippen molar-refractivity contribution in [3.63, 3.8) is 0 Å². The van der Waals surface area contributed by atoms with Crippen LogP contribution in [0, 0.1) is 0 Å². The number of hydrogen-bond donors (Lipinski definition) is 2. The molecule has 0 unspecified atom stereocenters. The number of nitrogens with zero attached hydrogens (tertiary/aromatic N) is 2. The van der Waals surface area contributed by atoms with E-state index in [0.29, 0.717) is 10.6 Å². The van der Waals surface area contributed by atoms with Crippen LogP contribution in [0.4, 0.5) is 5.69 Å². The van der Waals surface area contributed by atoms with Crippen molar-refractivity contribution in [1.29, 1.82) is 0 Å². The van der Waals surface area contributed by atoms with Gasteiger partial charge in [0.25, 0.3) is 10.0 Å². The summed E-state index contributed by atoms with van der Waals surface area (Å²) in [6, 6.07) is 17.3. The van der Waals surface area contributed by atoms with Gasteiger partial charge in [0.1, 0.15) is 10.8 Å². The minimum absolute atomic E-state index is 0.0211. The van der Waals surface area contributed by atoms with Crippen LogP contribution >= 0.6 is 11.3 Å². The van der Waals surface area contributed by atoms with Gasteiger partial charge in [-0.1, -0.05) is 30.3 Å². The van der Waals surface area contributed by atoms with E-state index < -0.39 is 16.0 Å². The second-order valence-corrected chi connectivity index (χ2v) is 9.10. The third kappa shape index (κ3) is 4.46. The smallest absolute Gasteiger partial charge is 0.335 e. The fourth-order valence-electron chi connectivity index (χ4n) is 2.92. The van der Waals surface area contributed by atoms with Crippen molar-refractivity contribution in [1.82, 2.24) is 9.97 Å². The number of carboxylic acids is 1. The molecular formula is C22H17N3O5S2. The number of ether oxygens (including phenoxy) is 1. The van der Waals surface area contributed by atoms with Crippen molar-refractivity contribution in [3.8, 4) is 27.6 Å². The van der Waals surface area contributed by atoms with E-state index >= 15 is 0 Å². The van der Waals surface area contributed by atoms with Crippen molar-refractivity contribution in [2.24, 2.45) is 0 Å². The Morgan fingerprint density at radius 3 is 2.50 bits per heavy atom. The van der Waals surface area contributed by atoms with Crippen LogP contribution in [-0.4, -0.2) is 36.6 Å². The quantitative estimate of drug-likeness (QED) is 0.414. The van der Waals surface area contributed by atoms with Gasteiger partial charge in [-0.05, 0) is 30.3 Å². The predicted octanol–water partition coefficient (Wildman–Crippen LogP) is 4.38. The molecular weight excluding hydrogens is 450 g/mol. The van der Waals surface area contributed by atoms with E-state index in [2.05, 4.69) is 14.7 Å². The van der Waals surface area contributed by atoms with Gasteiger partial charge < -0.3 is 9.84 Å². The van der Waals surface area contributed by atoms with Crippen LogP contribution in [0.3, 0.4) is 0 Å². The molecule has 4 aromatic rings. The Bertz CT molecular complexity index is 1370. The Morgan fingerprint density at radius 2 is 1.84 bits per heavy atom. The summed E-state index contributed by atoms with van der Waals surface area (Å²) in [6.07, 6.45) is 1.65. The Morgan fingerprint density at radius 1 is 1.06 bits per heavy atom. The van der Waals surface area contributed by atoms with Crippen LogP contribution in [0.5, 0.6) is 5.75 Å². The first-order valence-electron chi connectivity index (χ1n) is 9.29. The molecule has 0 saturated heterocycles. The van der Waals surface area contributed by atoms with Crippen LogP contribution in [0.15, 0.2) is 77.3 Å². The number of methoxy groups -OCH3 is 1. The number of sulfonamides is 1. The highest BCUT2D eigenvalue weighted by Crippen LogP contribution is 2.30. The maximum atomic E-state index is 12.8. The van der Waals surface area contributed by atoms with Crippen molar-refractivity contribution >= 4 is 33.0 Å². The summed E-state index contributed by atoms with van der Waals surface area (Å²) in [5.74, 6) is -1.06. The van der Waals surface area contributed by atoms with E-state index in [1.165, 1.54) is 42.0 Å². The molecule has 0 radical (unpaired) electrons. The Labute approximate surface area is 188 Å². The maximum Gasteiger partial charge on any atom is 0.335 e. The molecule has 2 N–H and O–H groups in total. The molecule has 0 atom stereocenters. The number of thiazole rings is 1. The zero-order valence-electron chi connectivity index (χ0n) is 16.7. The fourth-order valence-corrected chi connectivity index (χ4v) is 5.08. The SMILES string of the molecule is COc1cc(C(=O)O)ccc1NS(=O)(=O)c1csc(-c2ccc(-c3ccccc3)nc2)n1. The predicted molar refractivity (Wildman–Crippen MR) is 122 cm³/mol. The van der Waals surface area contributed by atoms with Gasteiger partial charge in [0.15, 0.2) is 5.03 Å². The third-order valence-electron chi connectivity index (χ3n) is 4.53. The van der Waals surface area contributed by atoms with Gasteiger partial charge in [-0.15, -0.1) is 11.3 Å². The molecule has 2 heterocycles. The Hall–Kier alpha value is -3.76. The van der Waals surface area contributed by atoms with Gasteiger partial charge in [-0.3, -0.25) is 9.71 Å². The van der Waals surface area contributed by atoms with Crippen molar-refractivity contribution in [2.75, 3.05) is 11.8 Å². The molecule has 0 spiro atoms. The fraction of sp³-hybridized carbons (Fsp3) is 0.0455. The summed E-state index contributed by atoms with van der Waals surface area (Å²) < 4.78 is 33.2. The minimum atomic E-state index is -4.02. The summed E-state index contributed by atoms with van der Waals surface area (Å²) >= 11 is 1.18.